The van der Waals surface area contributed by atoms with Crippen molar-refractivity contribution >= 4 is 22.5 Å². The lowest BCUT2D eigenvalue weighted by Gasteiger charge is -2.14. The van der Waals surface area contributed by atoms with Gasteiger partial charge in [0.05, 0.1) is 25.4 Å². The number of rotatable bonds is 5. The highest BCUT2D eigenvalue weighted by molar-refractivity contribution is 6.06. The molecule has 0 radical (unpaired) electrons. The lowest BCUT2D eigenvalue weighted by molar-refractivity contribution is 0.102. The van der Waals surface area contributed by atoms with Gasteiger partial charge in [-0.3, -0.25) is 9.59 Å². The van der Waals surface area contributed by atoms with Crippen LogP contribution < -0.4 is 20.2 Å². The fourth-order valence-corrected chi connectivity index (χ4v) is 2.87. The van der Waals surface area contributed by atoms with Crippen LogP contribution >= 0.6 is 0 Å². The van der Waals surface area contributed by atoms with E-state index in [2.05, 4.69) is 5.32 Å². The highest BCUT2D eigenvalue weighted by Gasteiger charge is 2.17. The van der Waals surface area contributed by atoms with Crippen molar-refractivity contribution in [2.75, 3.05) is 19.5 Å². The van der Waals surface area contributed by atoms with Crippen molar-refractivity contribution in [3.63, 3.8) is 0 Å². The number of nitrogens with one attached hydrogen (secondary N) is 1. The molecule has 0 fully saturated rings. The van der Waals surface area contributed by atoms with Crippen LogP contribution in [0.15, 0.2) is 53.5 Å². The zero-order chi connectivity index (χ0) is 18.7. The molecule has 3 rings (SSSR count). The molecule has 26 heavy (non-hydrogen) atoms. The Hall–Kier alpha value is -3.28. The van der Waals surface area contributed by atoms with E-state index >= 15 is 0 Å². The molecule has 0 aliphatic heterocycles. The first-order chi connectivity index (χ1) is 12.6. The van der Waals surface area contributed by atoms with Crippen molar-refractivity contribution in [1.29, 1.82) is 0 Å². The second-order valence-electron chi connectivity index (χ2n) is 5.70. The number of nitrogens with zero attached hydrogens (tertiary/aromatic N) is 1. The van der Waals surface area contributed by atoms with E-state index < -0.39 is 5.91 Å². The van der Waals surface area contributed by atoms with Crippen molar-refractivity contribution in [2.24, 2.45) is 0 Å². The van der Waals surface area contributed by atoms with Gasteiger partial charge in [-0.1, -0.05) is 12.1 Å². The first-order valence-corrected chi connectivity index (χ1v) is 8.24. The summed E-state index contributed by atoms with van der Waals surface area (Å²) < 4.78 is 12.3. The molecule has 1 amide bonds. The highest BCUT2D eigenvalue weighted by atomic mass is 16.5. The van der Waals surface area contributed by atoms with Gasteiger partial charge in [0.25, 0.3) is 5.91 Å². The first-order valence-electron chi connectivity index (χ1n) is 8.24. The number of hydrogen-bond donors (Lipinski definition) is 1. The van der Waals surface area contributed by atoms with Gasteiger partial charge in [-0.05, 0) is 31.2 Å². The molecule has 0 bridgehead atoms. The molecule has 134 valence electrons. The number of carbonyl (C=O) groups is 1. The van der Waals surface area contributed by atoms with Crippen LogP contribution in [0.5, 0.6) is 11.5 Å². The molecule has 0 aliphatic carbocycles. The highest BCUT2D eigenvalue weighted by Crippen LogP contribution is 2.29. The van der Waals surface area contributed by atoms with Crippen LogP contribution in [0.1, 0.15) is 17.3 Å². The SMILES string of the molecule is CCn1cc(C(=O)Nc2cc(OC)ccc2OC)c(=O)c2ccccc21. The molecule has 6 heteroatoms. The minimum atomic E-state index is -0.491. The minimum absolute atomic E-state index is 0.0791. The molecule has 0 unspecified atom stereocenters. The van der Waals surface area contributed by atoms with Crippen LogP contribution in [0.3, 0.4) is 0 Å². The largest absolute Gasteiger partial charge is 0.497 e. The smallest absolute Gasteiger partial charge is 0.261 e. The molecule has 2 aromatic carbocycles. The number of ether oxygens (including phenoxy) is 2. The van der Waals surface area contributed by atoms with Gasteiger partial charge < -0.3 is 19.4 Å². The van der Waals surface area contributed by atoms with Gasteiger partial charge in [0, 0.05) is 24.2 Å². The zero-order valence-electron chi connectivity index (χ0n) is 14.9. The van der Waals surface area contributed by atoms with E-state index in [-0.39, 0.29) is 11.0 Å². The second kappa shape index (κ2) is 7.31. The van der Waals surface area contributed by atoms with E-state index in [0.717, 1.165) is 5.52 Å². The number of aromatic nitrogens is 1. The van der Waals surface area contributed by atoms with Crippen LogP contribution in [-0.4, -0.2) is 24.7 Å². The van der Waals surface area contributed by atoms with Crippen molar-refractivity contribution in [3.8, 4) is 11.5 Å². The zero-order valence-corrected chi connectivity index (χ0v) is 14.9. The van der Waals surface area contributed by atoms with Crippen LogP contribution in [0.25, 0.3) is 10.9 Å². The summed E-state index contributed by atoms with van der Waals surface area (Å²) >= 11 is 0. The summed E-state index contributed by atoms with van der Waals surface area (Å²) in [6.07, 6.45) is 1.59. The van der Waals surface area contributed by atoms with Gasteiger partial charge in [0.2, 0.25) is 5.43 Å². The molecule has 1 N–H and O–H groups in total. The molecular formula is C20H20N2O4. The normalized spacial score (nSPS) is 10.6. The Morgan fingerprint density at radius 1 is 1.12 bits per heavy atom. The minimum Gasteiger partial charge on any atom is -0.497 e. The summed E-state index contributed by atoms with van der Waals surface area (Å²) in [5, 5.41) is 3.27. The van der Waals surface area contributed by atoms with E-state index in [1.165, 1.54) is 14.2 Å². The summed E-state index contributed by atoms with van der Waals surface area (Å²) in [5.41, 5.74) is 1.02. The molecule has 0 saturated heterocycles. The number of carbonyl (C=O) groups excluding carboxylic acids is 1. The molecule has 0 aliphatic rings. The van der Waals surface area contributed by atoms with Gasteiger partial charge in [-0.25, -0.2) is 0 Å². The van der Waals surface area contributed by atoms with Gasteiger partial charge in [-0.15, -0.1) is 0 Å². The van der Waals surface area contributed by atoms with E-state index in [1.54, 1.807) is 36.5 Å². The number of benzene rings is 2. The standard InChI is InChI=1S/C20H20N2O4/c1-4-22-12-15(19(23)14-7-5-6-8-17(14)22)20(24)21-16-11-13(25-2)9-10-18(16)26-3/h5-12H,4H2,1-3H3,(H,21,24). The van der Waals surface area contributed by atoms with Crippen molar-refractivity contribution < 1.29 is 14.3 Å². The average Bonchev–Trinajstić information content (AvgIpc) is 2.68. The molecule has 0 atom stereocenters. The van der Waals surface area contributed by atoms with Gasteiger partial charge >= 0.3 is 0 Å². The van der Waals surface area contributed by atoms with Crippen LogP contribution in [0.4, 0.5) is 5.69 Å². The number of aryl methyl sites for hydroxylation is 1. The Balaban J connectivity index is 2.06. The lowest BCUT2D eigenvalue weighted by Crippen LogP contribution is -2.24. The fourth-order valence-electron chi connectivity index (χ4n) is 2.87. The molecule has 1 heterocycles. The monoisotopic (exact) mass is 352 g/mol. The van der Waals surface area contributed by atoms with Crippen LogP contribution in [0, 0.1) is 0 Å². The van der Waals surface area contributed by atoms with Gasteiger partial charge in [0.15, 0.2) is 0 Å². The summed E-state index contributed by atoms with van der Waals surface area (Å²) in [4.78, 5) is 25.6. The molecule has 3 aromatic rings. The second-order valence-corrected chi connectivity index (χ2v) is 5.70. The topological polar surface area (TPSA) is 69.6 Å². The maximum atomic E-state index is 12.8. The third-order valence-electron chi connectivity index (χ3n) is 4.23. The maximum absolute atomic E-state index is 12.8. The van der Waals surface area contributed by atoms with Gasteiger partial charge in [-0.2, -0.15) is 0 Å². The van der Waals surface area contributed by atoms with Crippen LogP contribution in [-0.2, 0) is 6.54 Å². The van der Waals surface area contributed by atoms with Crippen molar-refractivity contribution in [1.82, 2.24) is 4.57 Å². The molecule has 0 saturated carbocycles. The summed E-state index contributed by atoms with van der Waals surface area (Å²) in [6.45, 7) is 2.60. The Bertz CT molecular complexity index is 1020. The Labute approximate surface area is 151 Å². The van der Waals surface area contributed by atoms with Gasteiger partial charge in [0.1, 0.15) is 17.1 Å². The average molecular weight is 352 g/mol. The molecule has 0 spiro atoms. The number of methoxy groups -OCH3 is 2. The Morgan fingerprint density at radius 2 is 1.88 bits per heavy atom. The van der Waals surface area contributed by atoms with E-state index in [1.807, 2.05) is 23.6 Å². The first kappa shape index (κ1) is 17.5. The predicted molar refractivity (Wildman–Crippen MR) is 101 cm³/mol. The lowest BCUT2D eigenvalue weighted by atomic mass is 10.1. The van der Waals surface area contributed by atoms with Crippen molar-refractivity contribution in [2.45, 2.75) is 13.5 Å². The van der Waals surface area contributed by atoms with E-state index in [0.29, 0.717) is 29.1 Å². The summed E-state index contributed by atoms with van der Waals surface area (Å²) in [7, 11) is 3.05. The maximum Gasteiger partial charge on any atom is 0.261 e. The predicted octanol–water partition coefficient (Wildman–Crippen LogP) is 3.29. The number of anilines is 1. The third kappa shape index (κ3) is 3.13. The van der Waals surface area contributed by atoms with Crippen molar-refractivity contribution in [3.05, 3.63) is 64.4 Å². The Kier molecular flexibility index (Phi) is 4.93. The molecular weight excluding hydrogens is 332 g/mol. The van der Waals surface area contributed by atoms with E-state index in [4.69, 9.17) is 9.47 Å². The summed E-state index contributed by atoms with van der Waals surface area (Å²) in [5.74, 6) is 0.566. The summed E-state index contributed by atoms with van der Waals surface area (Å²) in [6, 6.07) is 12.3. The number of fused-ring (bicyclic) bond motifs is 1. The number of para-hydroxylation sites is 1. The molecule has 6 nitrogen and oxygen atoms in total. The Morgan fingerprint density at radius 3 is 2.58 bits per heavy atom. The number of hydrogen-bond acceptors (Lipinski definition) is 4. The number of pyridine rings is 1. The third-order valence-corrected chi connectivity index (χ3v) is 4.23. The number of amides is 1. The van der Waals surface area contributed by atoms with Crippen LogP contribution in [0.2, 0.25) is 0 Å². The quantitative estimate of drug-likeness (QED) is 0.765. The van der Waals surface area contributed by atoms with E-state index in [9.17, 15) is 9.59 Å². The fraction of sp³-hybridized carbons (Fsp3) is 0.200. The molecule has 1 aromatic heterocycles.